The Morgan fingerprint density at radius 3 is 2.90 bits per heavy atom. The van der Waals surface area contributed by atoms with E-state index in [2.05, 4.69) is 35.1 Å². The molecule has 1 aliphatic heterocycles. The Labute approximate surface area is 134 Å². The molecule has 1 aromatic carbocycles. The van der Waals surface area contributed by atoms with Crippen LogP contribution in [0.3, 0.4) is 0 Å². The van der Waals surface area contributed by atoms with Crippen LogP contribution in [0.4, 0.5) is 0 Å². The number of hydrogen-bond acceptors (Lipinski definition) is 3. The molecule has 1 unspecified atom stereocenters. The number of nitrogens with one attached hydrogen (secondary N) is 1. The van der Waals surface area contributed by atoms with Crippen molar-refractivity contribution in [3.63, 3.8) is 0 Å². The van der Waals surface area contributed by atoms with E-state index in [1.165, 1.54) is 0 Å². The number of carbonyl (C=O) groups is 1. The zero-order valence-electron chi connectivity index (χ0n) is 12.6. The summed E-state index contributed by atoms with van der Waals surface area (Å²) < 4.78 is 0.798. The second kappa shape index (κ2) is 7.27. The molecule has 0 saturated carbocycles. The molecular formula is C16H23BrN2O2. The minimum absolute atomic E-state index is 0.0383. The van der Waals surface area contributed by atoms with Gasteiger partial charge >= 0.3 is 0 Å². The van der Waals surface area contributed by atoms with E-state index in [1.807, 2.05) is 4.90 Å². The van der Waals surface area contributed by atoms with Gasteiger partial charge in [-0.2, -0.15) is 0 Å². The molecule has 4 nitrogen and oxygen atoms in total. The van der Waals surface area contributed by atoms with E-state index in [-0.39, 0.29) is 11.7 Å². The summed E-state index contributed by atoms with van der Waals surface area (Å²) in [6.45, 7) is 6.62. The summed E-state index contributed by atoms with van der Waals surface area (Å²) in [5.74, 6) is 0.331. The van der Waals surface area contributed by atoms with Gasteiger partial charge in [-0.25, -0.2) is 0 Å². The van der Waals surface area contributed by atoms with Gasteiger partial charge in [0.2, 0.25) is 0 Å². The number of phenols is 1. The van der Waals surface area contributed by atoms with E-state index in [0.29, 0.717) is 30.6 Å². The molecule has 0 radical (unpaired) electrons. The maximum Gasteiger partial charge on any atom is 0.257 e. The number of phenolic OH excluding ortho intramolecular Hbond substituents is 1. The van der Waals surface area contributed by atoms with E-state index in [0.717, 1.165) is 23.9 Å². The monoisotopic (exact) mass is 354 g/mol. The number of amides is 1. The smallest absolute Gasteiger partial charge is 0.257 e. The first-order valence-electron chi connectivity index (χ1n) is 7.48. The lowest BCUT2D eigenvalue weighted by Crippen LogP contribution is -2.42. The third-order valence-electron chi connectivity index (χ3n) is 3.66. The van der Waals surface area contributed by atoms with Gasteiger partial charge in [0.05, 0.1) is 5.56 Å². The molecule has 1 aliphatic rings. The highest BCUT2D eigenvalue weighted by atomic mass is 79.9. The average molecular weight is 355 g/mol. The van der Waals surface area contributed by atoms with Gasteiger partial charge in [0.15, 0.2) is 0 Å². The van der Waals surface area contributed by atoms with Crippen molar-refractivity contribution in [2.24, 2.45) is 5.92 Å². The van der Waals surface area contributed by atoms with Crippen molar-refractivity contribution in [1.29, 1.82) is 0 Å². The molecule has 1 atom stereocenters. The third-order valence-corrected chi connectivity index (χ3v) is 4.16. The number of rotatable bonds is 5. The standard InChI is InChI=1S/C16H23BrN2O2/c1-11(2)9-19(10-13-4-3-7-18-13)16(21)14-8-12(17)5-6-15(14)20/h5-6,8,11,13,18,20H,3-4,7,9-10H2,1-2H3. The highest BCUT2D eigenvalue weighted by molar-refractivity contribution is 9.10. The summed E-state index contributed by atoms with van der Waals surface area (Å²) >= 11 is 3.36. The fourth-order valence-corrected chi connectivity index (χ4v) is 3.07. The molecular weight excluding hydrogens is 332 g/mol. The van der Waals surface area contributed by atoms with Crippen molar-refractivity contribution >= 4 is 21.8 Å². The molecule has 2 N–H and O–H groups in total. The van der Waals surface area contributed by atoms with Crippen LogP contribution in [0.5, 0.6) is 5.75 Å². The fraction of sp³-hybridized carbons (Fsp3) is 0.562. The minimum atomic E-state index is -0.101. The van der Waals surface area contributed by atoms with E-state index in [1.54, 1.807) is 18.2 Å². The first kappa shape index (κ1) is 16.3. The maximum atomic E-state index is 12.8. The van der Waals surface area contributed by atoms with Crippen molar-refractivity contribution in [2.45, 2.75) is 32.7 Å². The lowest BCUT2D eigenvalue weighted by atomic mass is 10.1. The van der Waals surface area contributed by atoms with Crippen LogP contribution in [0.1, 0.15) is 37.0 Å². The summed E-state index contributed by atoms with van der Waals surface area (Å²) in [5, 5.41) is 13.4. The molecule has 0 spiro atoms. The Morgan fingerprint density at radius 2 is 2.29 bits per heavy atom. The molecule has 1 saturated heterocycles. The van der Waals surface area contributed by atoms with Crippen molar-refractivity contribution in [2.75, 3.05) is 19.6 Å². The van der Waals surface area contributed by atoms with Gasteiger partial charge in [-0.3, -0.25) is 4.79 Å². The third kappa shape index (κ3) is 4.45. The van der Waals surface area contributed by atoms with Crippen molar-refractivity contribution in [1.82, 2.24) is 10.2 Å². The van der Waals surface area contributed by atoms with Crippen molar-refractivity contribution < 1.29 is 9.90 Å². The van der Waals surface area contributed by atoms with Crippen LogP contribution in [0.25, 0.3) is 0 Å². The lowest BCUT2D eigenvalue weighted by molar-refractivity contribution is 0.0718. The Bertz CT molecular complexity index is 499. The zero-order chi connectivity index (χ0) is 15.4. The van der Waals surface area contributed by atoms with Crippen LogP contribution >= 0.6 is 15.9 Å². The van der Waals surface area contributed by atoms with Gasteiger partial charge < -0.3 is 15.3 Å². The van der Waals surface area contributed by atoms with E-state index >= 15 is 0 Å². The number of hydrogen-bond donors (Lipinski definition) is 2. The van der Waals surface area contributed by atoms with Crippen LogP contribution in [-0.4, -0.2) is 41.6 Å². The number of aromatic hydroxyl groups is 1. The predicted octanol–water partition coefficient (Wildman–Crippen LogP) is 3.00. The summed E-state index contributed by atoms with van der Waals surface area (Å²) in [6, 6.07) is 5.34. The minimum Gasteiger partial charge on any atom is -0.507 e. The second-order valence-electron chi connectivity index (χ2n) is 6.06. The first-order chi connectivity index (χ1) is 9.97. The van der Waals surface area contributed by atoms with Crippen molar-refractivity contribution in [3.05, 3.63) is 28.2 Å². The molecule has 2 rings (SSSR count). The summed E-state index contributed by atoms with van der Waals surface area (Å²) in [5.41, 5.74) is 0.364. The lowest BCUT2D eigenvalue weighted by Gasteiger charge is -2.28. The highest BCUT2D eigenvalue weighted by Crippen LogP contribution is 2.24. The fourth-order valence-electron chi connectivity index (χ4n) is 2.71. The molecule has 0 aromatic heterocycles. The van der Waals surface area contributed by atoms with E-state index in [4.69, 9.17) is 0 Å². The normalized spacial score (nSPS) is 18.2. The highest BCUT2D eigenvalue weighted by Gasteiger charge is 2.24. The van der Waals surface area contributed by atoms with Crippen LogP contribution in [0, 0.1) is 5.92 Å². The molecule has 116 valence electrons. The largest absolute Gasteiger partial charge is 0.507 e. The van der Waals surface area contributed by atoms with Gasteiger partial charge in [0.1, 0.15) is 5.75 Å². The molecule has 1 fully saturated rings. The molecule has 1 amide bonds. The van der Waals surface area contributed by atoms with Crippen LogP contribution in [0.2, 0.25) is 0 Å². The molecule has 1 heterocycles. The van der Waals surface area contributed by atoms with Crippen LogP contribution < -0.4 is 5.32 Å². The van der Waals surface area contributed by atoms with Gasteiger partial charge in [0, 0.05) is 23.6 Å². The summed E-state index contributed by atoms with van der Waals surface area (Å²) in [7, 11) is 0. The first-order valence-corrected chi connectivity index (χ1v) is 8.28. The molecule has 1 aromatic rings. The molecule has 21 heavy (non-hydrogen) atoms. The quantitative estimate of drug-likeness (QED) is 0.854. The number of benzene rings is 1. The predicted molar refractivity (Wildman–Crippen MR) is 87.6 cm³/mol. The van der Waals surface area contributed by atoms with Gasteiger partial charge in [-0.1, -0.05) is 29.8 Å². The molecule has 0 bridgehead atoms. The zero-order valence-corrected chi connectivity index (χ0v) is 14.2. The number of carbonyl (C=O) groups excluding carboxylic acids is 1. The van der Waals surface area contributed by atoms with Gasteiger partial charge in [0.25, 0.3) is 5.91 Å². The van der Waals surface area contributed by atoms with Crippen molar-refractivity contribution in [3.8, 4) is 5.75 Å². The second-order valence-corrected chi connectivity index (χ2v) is 6.97. The maximum absolute atomic E-state index is 12.8. The van der Waals surface area contributed by atoms with Gasteiger partial charge in [-0.15, -0.1) is 0 Å². The van der Waals surface area contributed by atoms with E-state index in [9.17, 15) is 9.90 Å². The SMILES string of the molecule is CC(C)CN(CC1CCCN1)C(=O)c1cc(Br)ccc1O. The Kier molecular flexibility index (Phi) is 5.65. The molecule has 5 heteroatoms. The summed E-state index contributed by atoms with van der Waals surface area (Å²) in [6.07, 6.45) is 2.27. The number of halogens is 1. The number of nitrogens with zero attached hydrogens (tertiary/aromatic N) is 1. The van der Waals surface area contributed by atoms with Gasteiger partial charge in [-0.05, 0) is 43.5 Å². The Balaban J connectivity index is 2.17. The Morgan fingerprint density at radius 1 is 1.52 bits per heavy atom. The molecule has 0 aliphatic carbocycles. The topological polar surface area (TPSA) is 52.6 Å². The summed E-state index contributed by atoms with van der Waals surface area (Å²) in [4.78, 5) is 14.6. The Hall–Kier alpha value is -1.07. The van der Waals surface area contributed by atoms with Crippen LogP contribution in [0.15, 0.2) is 22.7 Å². The average Bonchev–Trinajstić information content (AvgIpc) is 2.92. The van der Waals surface area contributed by atoms with E-state index < -0.39 is 0 Å². The van der Waals surface area contributed by atoms with Crippen LogP contribution in [-0.2, 0) is 0 Å².